The third kappa shape index (κ3) is 10.5. The summed E-state index contributed by atoms with van der Waals surface area (Å²) in [5.41, 5.74) is 0. The molecule has 1 fully saturated rings. The molecule has 0 saturated heterocycles. The van der Waals surface area contributed by atoms with Crippen LogP contribution in [0.15, 0.2) is 24.3 Å². The molecule has 3 nitrogen and oxygen atoms in total. The molecule has 2 aliphatic rings. The quantitative estimate of drug-likeness (QED) is 0.179. The standard InChI is InChI=1S/C26H44O3/c1-3-4-11-22(25-18-19-25)13-9-15-24-16-10-14-23(24)12-7-5-6-8-17-26(28)20-29-21(2)27/h9-10,15-16,22-26,28H,3-8,11-14,17-20H2,1-2H3/t22-,23-,24-,26?/m0/s1. The molecule has 0 heterocycles. The topological polar surface area (TPSA) is 46.5 Å². The van der Waals surface area contributed by atoms with Crippen molar-refractivity contribution in [3.05, 3.63) is 24.3 Å². The summed E-state index contributed by atoms with van der Waals surface area (Å²) in [6, 6.07) is 0. The molecule has 0 radical (unpaired) electrons. The highest BCUT2D eigenvalue weighted by Crippen LogP contribution is 2.41. The minimum absolute atomic E-state index is 0.136. The normalized spacial score (nSPS) is 23.6. The zero-order valence-corrected chi connectivity index (χ0v) is 18.9. The number of esters is 1. The molecule has 166 valence electrons. The van der Waals surface area contributed by atoms with Crippen LogP contribution < -0.4 is 0 Å². The number of ether oxygens (including phenoxy) is 1. The maximum atomic E-state index is 10.7. The number of aliphatic hydroxyl groups is 1. The van der Waals surface area contributed by atoms with Crippen molar-refractivity contribution in [2.45, 2.75) is 103 Å². The molecule has 0 bridgehead atoms. The second-order valence-corrected chi connectivity index (χ2v) is 9.35. The van der Waals surface area contributed by atoms with E-state index in [1.165, 1.54) is 71.1 Å². The Morgan fingerprint density at radius 1 is 1.17 bits per heavy atom. The maximum Gasteiger partial charge on any atom is 0.302 e. The van der Waals surface area contributed by atoms with Crippen molar-refractivity contribution >= 4 is 5.97 Å². The first-order valence-corrected chi connectivity index (χ1v) is 12.2. The molecule has 1 saturated carbocycles. The lowest BCUT2D eigenvalue weighted by molar-refractivity contribution is -0.144. The van der Waals surface area contributed by atoms with Crippen molar-refractivity contribution in [3.8, 4) is 0 Å². The van der Waals surface area contributed by atoms with Crippen LogP contribution >= 0.6 is 0 Å². The number of allylic oxidation sites excluding steroid dienone is 4. The molecule has 0 aliphatic heterocycles. The molecule has 4 atom stereocenters. The molecular formula is C26H44O3. The van der Waals surface area contributed by atoms with Gasteiger partial charge in [-0.25, -0.2) is 0 Å². The molecule has 3 heteroatoms. The average Bonchev–Trinajstić information content (AvgIpc) is 3.45. The highest BCUT2D eigenvalue weighted by atomic mass is 16.5. The molecule has 0 aromatic carbocycles. The van der Waals surface area contributed by atoms with E-state index in [1.807, 2.05) is 0 Å². The van der Waals surface area contributed by atoms with Crippen LogP contribution in [0.5, 0.6) is 0 Å². The highest BCUT2D eigenvalue weighted by molar-refractivity contribution is 5.65. The van der Waals surface area contributed by atoms with Crippen molar-refractivity contribution in [1.82, 2.24) is 0 Å². The molecule has 1 unspecified atom stereocenters. The smallest absolute Gasteiger partial charge is 0.302 e. The monoisotopic (exact) mass is 404 g/mol. The lowest BCUT2D eigenvalue weighted by Gasteiger charge is -2.17. The van der Waals surface area contributed by atoms with E-state index in [0.717, 1.165) is 37.0 Å². The van der Waals surface area contributed by atoms with Gasteiger partial charge in [0.15, 0.2) is 0 Å². The minimum Gasteiger partial charge on any atom is -0.463 e. The van der Waals surface area contributed by atoms with Gasteiger partial charge in [0, 0.05) is 6.92 Å². The SMILES string of the molecule is CCCC[C@@H](CC=C[C@H]1C=CC[C@@H]1CCCCCCC(O)COC(C)=O)C1CC1. The Bertz CT molecular complexity index is 506. The largest absolute Gasteiger partial charge is 0.463 e. The molecular weight excluding hydrogens is 360 g/mol. The second-order valence-electron chi connectivity index (χ2n) is 9.35. The van der Waals surface area contributed by atoms with E-state index >= 15 is 0 Å². The minimum atomic E-state index is -0.510. The van der Waals surface area contributed by atoms with Gasteiger partial charge >= 0.3 is 5.97 Å². The summed E-state index contributed by atoms with van der Waals surface area (Å²) < 4.78 is 4.84. The molecule has 2 rings (SSSR count). The van der Waals surface area contributed by atoms with E-state index in [2.05, 4.69) is 31.2 Å². The predicted octanol–water partition coefficient (Wildman–Crippen LogP) is 6.61. The van der Waals surface area contributed by atoms with Crippen molar-refractivity contribution in [2.75, 3.05) is 6.61 Å². The van der Waals surface area contributed by atoms with E-state index in [9.17, 15) is 9.90 Å². The number of hydrogen-bond donors (Lipinski definition) is 1. The fourth-order valence-electron chi connectivity index (χ4n) is 4.68. The Labute approximate surface area is 179 Å². The maximum absolute atomic E-state index is 10.7. The average molecular weight is 405 g/mol. The van der Waals surface area contributed by atoms with Gasteiger partial charge in [-0.1, -0.05) is 69.8 Å². The first kappa shape index (κ1) is 24.2. The fourth-order valence-corrected chi connectivity index (χ4v) is 4.68. The van der Waals surface area contributed by atoms with Crippen LogP contribution in [0.3, 0.4) is 0 Å². The number of aliphatic hydroxyl groups excluding tert-OH is 1. The summed E-state index contributed by atoms with van der Waals surface area (Å²) in [5.74, 6) is 3.07. The van der Waals surface area contributed by atoms with Gasteiger partial charge in [-0.05, 0) is 68.6 Å². The zero-order valence-electron chi connectivity index (χ0n) is 18.9. The van der Waals surface area contributed by atoms with E-state index in [1.54, 1.807) is 0 Å². The van der Waals surface area contributed by atoms with Gasteiger partial charge in [-0.2, -0.15) is 0 Å². The van der Waals surface area contributed by atoms with E-state index in [0.29, 0.717) is 5.92 Å². The Hall–Kier alpha value is -1.09. The van der Waals surface area contributed by atoms with Crippen LogP contribution in [-0.4, -0.2) is 23.8 Å². The van der Waals surface area contributed by atoms with Gasteiger partial charge in [-0.3, -0.25) is 4.79 Å². The van der Waals surface area contributed by atoms with Gasteiger partial charge in [0.05, 0.1) is 6.10 Å². The second kappa shape index (κ2) is 14.0. The summed E-state index contributed by atoms with van der Waals surface area (Å²) in [5, 5.41) is 9.78. The number of carbonyl (C=O) groups is 1. The van der Waals surface area contributed by atoms with Gasteiger partial charge in [0.1, 0.15) is 6.61 Å². The number of unbranched alkanes of at least 4 members (excludes halogenated alkanes) is 4. The third-order valence-corrected chi connectivity index (χ3v) is 6.70. The molecule has 1 N–H and O–H groups in total. The Balaban J connectivity index is 1.55. The summed E-state index contributed by atoms with van der Waals surface area (Å²) in [7, 11) is 0. The highest BCUT2D eigenvalue weighted by Gasteiger charge is 2.29. The van der Waals surface area contributed by atoms with E-state index in [-0.39, 0.29) is 12.6 Å². The molecule has 0 aromatic heterocycles. The van der Waals surface area contributed by atoms with Gasteiger partial charge in [0.25, 0.3) is 0 Å². The van der Waals surface area contributed by atoms with Gasteiger partial charge < -0.3 is 9.84 Å². The van der Waals surface area contributed by atoms with Crippen LogP contribution in [0.25, 0.3) is 0 Å². The lowest BCUT2D eigenvalue weighted by Crippen LogP contribution is -2.17. The molecule has 29 heavy (non-hydrogen) atoms. The van der Waals surface area contributed by atoms with Gasteiger partial charge in [-0.15, -0.1) is 0 Å². The predicted molar refractivity (Wildman–Crippen MR) is 121 cm³/mol. The number of rotatable bonds is 16. The molecule has 0 aromatic rings. The molecule has 0 spiro atoms. The van der Waals surface area contributed by atoms with Crippen molar-refractivity contribution in [2.24, 2.45) is 23.7 Å². The Kier molecular flexibility index (Phi) is 11.7. The lowest BCUT2D eigenvalue weighted by atomic mass is 9.88. The summed E-state index contributed by atoms with van der Waals surface area (Å²) >= 11 is 0. The number of hydrogen-bond acceptors (Lipinski definition) is 3. The zero-order chi connectivity index (χ0) is 20.9. The van der Waals surface area contributed by atoms with Gasteiger partial charge in [0.2, 0.25) is 0 Å². The van der Waals surface area contributed by atoms with Crippen LogP contribution in [0.4, 0.5) is 0 Å². The van der Waals surface area contributed by atoms with Crippen LogP contribution in [0.1, 0.15) is 97.3 Å². The summed E-state index contributed by atoms with van der Waals surface area (Å²) in [6.45, 7) is 3.82. The van der Waals surface area contributed by atoms with E-state index < -0.39 is 6.10 Å². The van der Waals surface area contributed by atoms with Crippen molar-refractivity contribution in [3.63, 3.8) is 0 Å². The third-order valence-electron chi connectivity index (χ3n) is 6.70. The molecule has 2 aliphatic carbocycles. The Morgan fingerprint density at radius 2 is 1.97 bits per heavy atom. The fraction of sp³-hybridized carbons (Fsp3) is 0.808. The summed E-state index contributed by atoms with van der Waals surface area (Å²) in [4.78, 5) is 10.7. The first-order chi connectivity index (χ1) is 14.1. The van der Waals surface area contributed by atoms with E-state index in [4.69, 9.17) is 4.74 Å². The van der Waals surface area contributed by atoms with Crippen LogP contribution in [0.2, 0.25) is 0 Å². The van der Waals surface area contributed by atoms with Crippen LogP contribution in [0, 0.1) is 23.7 Å². The van der Waals surface area contributed by atoms with Crippen molar-refractivity contribution in [1.29, 1.82) is 0 Å². The first-order valence-electron chi connectivity index (χ1n) is 12.2. The van der Waals surface area contributed by atoms with Crippen LogP contribution in [-0.2, 0) is 9.53 Å². The molecule has 0 amide bonds. The Morgan fingerprint density at radius 3 is 2.69 bits per heavy atom. The van der Waals surface area contributed by atoms with Crippen molar-refractivity contribution < 1.29 is 14.6 Å². The summed E-state index contributed by atoms with van der Waals surface area (Å²) in [6.07, 6.45) is 25.6. The number of carbonyl (C=O) groups excluding carboxylic acids is 1.